The molecule has 1 aliphatic heterocycles. The van der Waals surface area contributed by atoms with Gasteiger partial charge in [-0.25, -0.2) is 4.98 Å². The Bertz CT molecular complexity index is 425. The number of rotatable bonds is 4. The van der Waals surface area contributed by atoms with Crippen molar-refractivity contribution in [1.29, 1.82) is 0 Å². The number of thiazole rings is 1. The summed E-state index contributed by atoms with van der Waals surface area (Å²) in [5.74, 6) is 0.459. The van der Waals surface area contributed by atoms with Crippen LogP contribution in [0.3, 0.4) is 0 Å². The second-order valence-electron chi connectivity index (χ2n) is 5.07. The quantitative estimate of drug-likeness (QED) is 0.896. The van der Waals surface area contributed by atoms with Gasteiger partial charge >= 0.3 is 0 Å². The zero-order valence-electron chi connectivity index (χ0n) is 11.5. The van der Waals surface area contributed by atoms with E-state index in [0.717, 1.165) is 36.1 Å². The van der Waals surface area contributed by atoms with Crippen molar-refractivity contribution < 1.29 is 9.90 Å². The van der Waals surface area contributed by atoms with E-state index in [1.165, 1.54) is 11.3 Å². The zero-order valence-corrected chi connectivity index (χ0v) is 12.3. The summed E-state index contributed by atoms with van der Waals surface area (Å²) in [6, 6.07) is 0. The third-order valence-electron chi connectivity index (χ3n) is 3.30. The van der Waals surface area contributed by atoms with E-state index in [1.54, 1.807) is 6.20 Å². The third kappa shape index (κ3) is 3.52. The molecule has 1 amide bonds. The summed E-state index contributed by atoms with van der Waals surface area (Å²) in [5.41, 5.74) is 0. The van der Waals surface area contributed by atoms with Gasteiger partial charge in [0.2, 0.25) is 0 Å². The van der Waals surface area contributed by atoms with E-state index in [2.05, 4.69) is 23.7 Å². The Morgan fingerprint density at radius 3 is 2.63 bits per heavy atom. The number of hydrogen-bond acceptors (Lipinski definition) is 5. The molecule has 0 atom stereocenters. The molecule has 106 valence electrons. The molecule has 0 spiro atoms. The fourth-order valence-electron chi connectivity index (χ4n) is 2.13. The largest absolute Gasteiger partial charge is 0.395 e. The first kappa shape index (κ1) is 14.4. The molecule has 1 saturated heterocycles. The van der Waals surface area contributed by atoms with Gasteiger partial charge in [-0.2, -0.15) is 0 Å². The lowest BCUT2D eigenvalue weighted by molar-refractivity contribution is 0.0619. The number of aromatic nitrogens is 1. The minimum Gasteiger partial charge on any atom is -0.395 e. The number of hydrogen-bond donors (Lipinski definition) is 1. The van der Waals surface area contributed by atoms with Gasteiger partial charge < -0.3 is 10.0 Å². The van der Waals surface area contributed by atoms with Gasteiger partial charge in [-0.3, -0.25) is 9.69 Å². The van der Waals surface area contributed by atoms with Gasteiger partial charge in [-0.1, -0.05) is 13.8 Å². The summed E-state index contributed by atoms with van der Waals surface area (Å²) >= 11 is 1.50. The smallest absolute Gasteiger partial charge is 0.265 e. The molecule has 1 aromatic heterocycles. The van der Waals surface area contributed by atoms with Crippen molar-refractivity contribution in [2.75, 3.05) is 39.3 Å². The Kier molecular flexibility index (Phi) is 4.90. The molecule has 6 heteroatoms. The van der Waals surface area contributed by atoms with Crippen LogP contribution in [-0.2, 0) is 0 Å². The number of aliphatic hydroxyl groups excluding tert-OH is 1. The maximum atomic E-state index is 12.3. The topological polar surface area (TPSA) is 56.7 Å². The Balaban J connectivity index is 1.93. The van der Waals surface area contributed by atoms with Crippen LogP contribution in [-0.4, -0.2) is 65.1 Å². The second-order valence-corrected chi connectivity index (χ2v) is 6.14. The highest BCUT2D eigenvalue weighted by atomic mass is 32.1. The van der Waals surface area contributed by atoms with E-state index in [1.807, 2.05) is 4.90 Å². The molecule has 0 aromatic carbocycles. The highest BCUT2D eigenvalue weighted by Gasteiger charge is 2.23. The van der Waals surface area contributed by atoms with E-state index in [-0.39, 0.29) is 12.5 Å². The average molecular weight is 283 g/mol. The lowest BCUT2D eigenvalue weighted by atomic mass is 10.2. The Morgan fingerprint density at radius 1 is 1.42 bits per heavy atom. The van der Waals surface area contributed by atoms with Crippen LogP contribution in [0.5, 0.6) is 0 Å². The predicted octanol–water partition coefficient (Wildman–Crippen LogP) is 1.02. The molecular formula is C13H21N3O2S. The van der Waals surface area contributed by atoms with Crippen molar-refractivity contribution >= 4 is 17.2 Å². The Labute approximate surface area is 117 Å². The SMILES string of the molecule is CC(C)c1ncc(C(=O)N2CCN(CCO)CC2)s1. The van der Waals surface area contributed by atoms with E-state index in [4.69, 9.17) is 5.11 Å². The summed E-state index contributed by atoms with van der Waals surface area (Å²) in [4.78, 5) is 21.4. The molecule has 0 radical (unpaired) electrons. The van der Waals surface area contributed by atoms with E-state index in [9.17, 15) is 4.79 Å². The maximum absolute atomic E-state index is 12.3. The van der Waals surface area contributed by atoms with Gasteiger partial charge in [-0.05, 0) is 0 Å². The fraction of sp³-hybridized carbons (Fsp3) is 0.692. The fourth-order valence-corrected chi connectivity index (χ4v) is 3.01. The molecule has 2 rings (SSSR count). The van der Waals surface area contributed by atoms with Crippen molar-refractivity contribution in [3.05, 3.63) is 16.1 Å². The van der Waals surface area contributed by atoms with Crippen LogP contribution in [0.4, 0.5) is 0 Å². The van der Waals surface area contributed by atoms with Crippen molar-refractivity contribution in [3.63, 3.8) is 0 Å². The molecule has 1 N–H and O–H groups in total. The lowest BCUT2D eigenvalue weighted by Gasteiger charge is -2.34. The van der Waals surface area contributed by atoms with Crippen molar-refractivity contribution in [2.45, 2.75) is 19.8 Å². The number of β-amino-alcohol motifs (C(OH)–C–C–N with tert-alkyl or cyclic N) is 1. The molecule has 0 bridgehead atoms. The third-order valence-corrected chi connectivity index (χ3v) is 4.59. The van der Waals surface area contributed by atoms with Crippen molar-refractivity contribution in [1.82, 2.24) is 14.8 Å². The minimum atomic E-state index is 0.0908. The predicted molar refractivity (Wildman–Crippen MR) is 75.6 cm³/mol. The Morgan fingerprint density at radius 2 is 2.11 bits per heavy atom. The summed E-state index contributed by atoms with van der Waals surface area (Å²) in [5, 5.41) is 9.91. The van der Waals surface area contributed by atoms with Gasteiger partial charge in [-0.15, -0.1) is 11.3 Å². The number of carbonyl (C=O) groups excluding carboxylic acids is 1. The van der Waals surface area contributed by atoms with Gasteiger partial charge in [0.15, 0.2) is 0 Å². The molecule has 1 aliphatic rings. The molecule has 0 unspecified atom stereocenters. The van der Waals surface area contributed by atoms with E-state index in [0.29, 0.717) is 12.5 Å². The summed E-state index contributed by atoms with van der Waals surface area (Å²) in [6.07, 6.45) is 1.70. The highest BCUT2D eigenvalue weighted by molar-refractivity contribution is 7.13. The molecule has 5 nitrogen and oxygen atoms in total. The van der Waals surface area contributed by atoms with Gasteiger partial charge in [0.05, 0.1) is 17.8 Å². The van der Waals surface area contributed by atoms with Crippen LogP contribution in [0.15, 0.2) is 6.20 Å². The molecule has 1 aromatic rings. The first-order valence-electron chi connectivity index (χ1n) is 6.70. The average Bonchev–Trinajstić information content (AvgIpc) is 2.89. The van der Waals surface area contributed by atoms with E-state index >= 15 is 0 Å². The standard InChI is InChI=1S/C13H21N3O2S/c1-10(2)12-14-9-11(19-12)13(18)16-5-3-15(4-6-16)7-8-17/h9-10,17H,3-8H2,1-2H3. The van der Waals surface area contributed by atoms with Crippen molar-refractivity contribution in [2.24, 2.45) is 0 Å². The number of piperazine rings is 1. The summed E-state index contributed by atoms with van der Waals surface area (Å²) in [6.45, 7) is 8.17. The molecule has 0 saturated carbocycles. The Hall–Kier alpha value is -0.980. The van der Waals surface area contributed by atoms with Crippen molar-refractivity contribution in [3.8, 4) is 0 Å². The second kappa shape index (κ2) is 6.45. The van der Waals surface area contributed by atoms with Crippen LogP contribution in [0, 0.1) is 0 Å². The van der Waals surface area contributed by atoms with Gasteiger partial charge in [0, 0.05) is 38.6 Å². The minimum absolute atomic E-state index is 0.0908. The van der Waals surface area contributed by atoms with Gasteiger partial charge in [0.25, 0.3) is 5.91 Å². The molecular weight excluding hydrogens is 262 g/mol. The van der Waals surface area contributed by atoms with Crippen LogP contribution in [0.25, 0.3) is 0 Å². The number of nitrogens with zero attached hydrogens (tertiary/aromatic N) is 3. The van der Waals surface area contributed by atoms with Crippen LogP contribution in [0.2, 0.25) is 0 Å². The van der Waals surface area contributed by atoms with E-state index < -0.39 is 0 Å². The summed E-state index contributed by atoms with van der Waals surface area (Å²) < 4.78 is 0. The highest BCUT2D eigenvalue weighted by Crippen LogP contribution is 2.22. The van der Waals surface area contributed by atoms with Crippen LogP contribution < -0.4 is 0 Å². The number of carbonyl (C=O) groups is 1. The first-order chi connectivity index (χ1) is 9.11. The molecule has 1 fully saturated rings. The first-order valence-corrected chi connectivity index (χ1v) is 7.51. The lowest BCUT2D eigenvalue weighted by Crippen LogP contribution is -2.49. The maximum Gasteiger partial charge on any atom is 0.265 e. The van der Waals surface area contributed by atoms with Crippen LogP contribution in [0.1, 0.15) is 34.4 Å². The van der Waals surface area contributed by atoms with Gasteiger partial charge in [0.1, 0.15) is 4.88 Å². The molecule has 2 heterocycles. The number of aliphatic hydroxyl groups is 1. The molecule has 19 heavy (non-hydrogen) atoms. The zero-order chi connectivity index (χ0) is 13.8. The van der Waals surface area contributed by atoms with Crippen LogP contribution >= 0.6 is 11.3 Å². The normalized spacial score (nSPS) is 17.2. The monoisotopic (exact) mass is 283 g/mol. The molecule has 0 aliphatic carbocycles. The number of amides is 1. The summed E-state index contributed by atoms with van der Waals surface area (Å²) in [7, 11) is 0.